The first kappa shape index (κ1) is 17.2. The number of hydrogen-bond donors (Lipinski definition) is 0. The monoisotopic (exact) mass is 378 g/mol. The zero-order valence-corrected chi connectivity index (χ0v) is 15.9. The normalized spacial score (nSPS) is 21.8. The van der Waals surface area contributed by atoms with Crippen molar-refractivity contribution in [1.82, 2.24) is 9.97 Å². The zero-order chi connectivity index (χ0) is 19.1. The molecule has 6 heteroatoms. The Hall–Kier alpha value is -2.89. The molecule has 6 rings (SSSR count). The van der Waals surface area contributed by atoms with Crippen molar-refractivity contribution >= 4 is 22.5 Å². The Morgan fingerprint density at radius 2 is 1.89 bits per heavy atom. The van der Waals surface area contributed by atoms with Crippen molar-refractivity contribution in [1.29, 1.82) is 0 Å². The zero-order valence-electron chi connectivity index (χ0n) is 15.9. The van der Waals surface area contributed by atoms with E-state index in [0.717, 1.165) is 42.2 Å². The Balaban J connectivity index is 1.42. The van der Waals surface area contributed by atoms with Crippen LogP contribution in [0.1, 0.15) is 12.8 Å². The minimum atomic E-state index is -0.258. The highest BCUT2D eigenvalue weighted by molar-refractivity contribution is 5.78. The number of nitrogens with zero attached hydrogens (tertiary/aromatic N) is 4. The van der Waals surface area contributed by atoms with E-state index >= 15 is 0 Å². The fourth-order valence-electron chi connectivity index (χ4n) is 4.48. The molecule has 28 heavy (non-hydrogen) atoms. The van der Waals surface area contributed by atoms with E-state index in [2.05, 4.69) is 26.9 Å². The van der Waals surface area contributed by atoms with Crippen molar-refractivity contribution < 1.29 is 9.13 Å². The van der Waals surface area contributed by atoms with E-state index in [-0.39, 0.29) is 5.82 Å². The van der Waals surface area contributed by atoms with Gasteiger partial charge in [0.2, 0.25) is 5.95 Å². The molecule has 3 aliphatic heterocycles. The molecule has 4 heterocycles. The predicted octanol–water partition coefficient (Wildman–Crippen LogP) is 3.88. The molecule has 3 fully saturated rings. The molecule has 2 aromatic carbocycles. The molecule has 0 aliphatic carbocycles. The van der Waals surface area contributed by atoms with Crippen LogP contribution in [0.15, 0.2) is 48.7 Å². The molecule has 0 spiro atoms. The van der Waals surface area contributed by atoms with Gasteiger partial charge in [0.05, 0.1) is 12.6 Å². The molecule has 0 radical (unpaired) electrons. The van der Waals surface area contributed by atoms with E-state index in [4.69, 9.17) is 9.72 Å². The summed E-state index contributed by atoms with van der Waals surface area (Å²) in [6.45, 7) is 2.90. The average molecular weight is 378 g/mol. The Bertz CT molecular complexity index is 993. The lowest BCUT2D eigenvalue weighted by Crippen LogP contribution is -2.44. The Morgan fingerprint density at radius 3 is 2.71 bits per heavy atom. The Labute approximate surface area is 163 Å². The van der Waals surface area contributed by atoms with Crippen molar-refractivity contribution in [3.05, 3.63) is 54.5 Å². The molecule has 3 saturated heterocycles. The number of ether oxygens (including phenoxy) is 1. The summed E-state index contributed by atoms with van der Waals surface area (Å²) < 4.78 is 18.7. The first-order valence-electron chi connectivity index (χ1n) is 9.77. The van der Waals surface area contributed by atoms with Crippen LogP contribution in [0.3, 0.4) is 0 Å². The predicted molar refractivity (Wildman–Crippen MR) is 109 cm³/mol. The van der Waals surface area contributed by atoms with Gasteiger partial charge in [0.25, 0.3) is 0 Å². The van der Waals surface area contributed by atoms with Gasteiger partial charge in [-0.1, -0.05) is 0 Å². The van der Waals surface area contributed by atoms with Gasteiger partial charge in [-0.15, -0.1) is 0 Å². The van der Waals surface area contributed by atoms with Gasteiger partial charge in [-0.3, -0.25) is 0 Å². The number of aromatic nitrogens is 2. The summed E-state index contributed by atoms with van der Waals surface area (Å²) >= 11 is 0. The molecule has 2 atom stereocenters. The van der Waals surface area contributed by atoms with Gasteiger partial charge in [0, 0.05) is 42.9 Å². The number of piperidine rings is 1. The van der Waals surface area contributed by atoms with Gasteiger partial charge in [-0.05, 0) is 61.2 Å². The topological polar surface area (TPSA) is 41.5 Å². The Kier molecular flexibility index (Phi) is 4.26. The summed E-state index contributed by atoms with van der Waals surface area (Å²) in [6.07, 6.45) is 4.13. The quantitative estimate of drug-likeness (QED) is 0.692. The van der Waals surface area contributed by atoms with Crippen LogP contribution < -0.4 is 14.5 Å². The van der Waals surface area contributed by atoms with Crippen LogP contribution in [0.5, 0.6) is 5.75 Å². The lowest BCUT2D eigenvalue weighted by Gasteiger charge is -2.38. The van der Waals surface area contributed by atoms with Crippen molar-refractivity contribution in [2.75, 3.05) is 36.5 Å². The van der Waals surface area contributed by atoms with Crippen LogP contribution in [0.2, 0.25) is 0 Å². The van der Waals surface area contributed by atoms with Crippen LogP contribution >= 0.6 is 0 Å². The van der Waals surface area contributed by atoms with Gasteiger partial charge in [0.1, 0.15) is 11.6 Å². The molecule has 3 aliphatic rings. The average Bonchev–Trinajstić information content (AvgIpc) is 3.05. The first-order valence-corrected chi connectivity index (χ1v) is 9.77. The third kappa shape index (κ3) is 3.13. The smallest absolute Gasteiger partial charge is 0.225 e. The molecule has 2 bridgehead atoms. The number of hydrogen-bond acceptors (Lipinski definition) is 5. The van der Waals surface area contributed by atoms with Gasteiger partial charge >= 0.3 is 0 Å². The molecule has 144 valence electrons. The van der Waals surface area contributed by atoms with E-state index in [0.29, 0.717) is 12.0 Å². The fraction of sp³-hybridized carbons (Fsp3) is 0.364. The minimum Gasteiger partial charge on any atom is -0.497 e. The summed E-state index contributed by atoms with van der Waals surface area (Å²) in [6, 6.07) is 13.4. The lowest BCUT2D eigenvalue weighted by molar-refractivity contribution is 0.405. The van der Waals surface area contributed by atoms with Crippen molar-refractivity contribution in [3.8, 4) is 5.75 Å². The number of methoxy groups -OCH3 is 1. The van der Waals surface area contributed by atoms with Crippen LogP contribution in [-0.4, -0.2) is 42.8 Å². The summed E-state index contributed by atoms with van der Waals surface area (Å²) in [5, 5.41) is 0.737. The highest BCUT2D eigenvalue weighted by Crippen LogP contribution is 2.34. The van der Waals surface area contributed by atoms with Gasteiger partial charge in [0.15, 0.2) is 0 Å². The summed E-state index contributed by atoms with van der Waals surface area (Å²) in [5.74, 6) is 1.94. The highest BCUT2D eigenvalue weighted by atomic mass is 19.1. The van der Waals surface area contributed by atoms with Gasteiger partial charge in [-0.2, -0.15) is 0 Å². The molecule has 0 N–H and O–H groups in total. The minimum absolute atomic E-state index is 0.258. The third-order valence-corrected chi connectivity index (χ3v) is 5.93. The maximum Gasteiger partial charge on any atom is 0.225 e. The van der Waals surface area contributed by atoms with Gasteiger partial charge < -0.3 is 14.5 Å². The maximum absolute atomic E-state index is 13.4. The van der Waals surface area contributed by atoms with Gasteiger partial charge in [-0.25, -0.2) is 14.4 Å². The molecular weight excluding hydrogens is 355 g/mol. The molecule has 0 unspecified atom stereocenters. The number of anilines is 2. The SMILES string of the molecule is COc1ccc(N2C[C@@H]3CC[C@H]2CN(c2ncc4cc(F)ccc4n2)C3)cc1. The molecular formula is C22H23FN4O. The molecule has 0 amide bonds. The maximum atomic E-state index is 13.4. The molecule has 0 saturated carbocycles. The van der Waals surface area contributed by atoms with Crippen LogP contribution in [0.4, 0.5) is 16.0 Å². The number of benzene rings is 2. The van der Waals surface area contributed by atoms with E-state index in [1.807, 2.05) is 12.1 Å². The van der Waals surface area contributed by atoms with E-state index < -0.39 is 0 Å². The highest BCUT2D eigenvalue weighted by Gasteiger charge is 2.35. The van der Waals surface area contributed by atoms with Crippen LogP contribution in [0.25, 0.3) is 10.9 Å². The largest absolute Gasteiger partial charge is 0.497 e. The van der Waals surface area contributed by atoms with E-state index in [9.17, 15) is 4.39 Å². The second-order valence-corrected chi connectivity index (χ2v) is 7.73. The fourth-order valence-corrected chi connectivity index (χ4v) is 4.48. The summed E-state index contributed by atoms with van der Waals surface area (Å²) in [5.41, 5.74) is 2.03. The number of rotatable bonds is 3. The van der Waals surface area contributed by atoms with Crippen molar-refractivity contribution in [2.24, 2.45) is 5.92 Å². The second kappa shape index (κ2) is 6.93. The van der Waals surface area contributed by atoms with Crippen molar-refractivity contribution in [3.63, 3.8) is 0 Å². The lowest BCUT2D eigenvalue weighted by atomic mass is 9.94. The summed E-state index contributed by atoms with van der Waals surface area (Å²) in [7, 11) is 1.69. The standard InChI is InChI=1S/C22H23FN4O/c1-28-20-7-5-18(6-8-20)27-13-15-2-4-19(27)14-26(12-15)22-24-11-16-10-17(23)3-9-21(16)25-22/h3,5-11,15,19H,2,4,12-14H2,1H3/t15-,19+/m1/s1. The van der Waals surface area contributed by atoms with Crippen LogP contribution in [0, 0.1) is 11.7 Å². The van der Waals surface area contributed by atoms with Crippen molar-refractivity contribution in [2.45, 2.75) is 18.9 Å². The van der Waals surface area contributed by atoms with E-state index in [1.165, 1.54) is 30.7 Å². The molecule has 1 aromatic heterocycles. The second-order valence-electron chi connectivity index (χ2n) is 7.73. The third-order valence-electron chi connectivity index (χ3n) is 5.93. The van der Waals surface area contributed by atoms with E-state index in [1.54, 1.807) is 19.4 Å². The first-order chi connectivity index (χ1) is 13.7. The number of fused-ring (bicyclic) bond motifs is 5. The number of halogens is 1. The summed E-state index contributed by atoms with van der Waals surface area (Å²) in [4.78, 5) is 14.1. The Morgan fingerprint density at radius 1 is 1.04 bits per heavy atom. The molecule has 5 nitrogen and oxygen atoms in total. The van der Waals surface area contributed by atoms with Crippen LogP contribution in [-0.2, 0) is 0 Å². The molecule has 3 aromatic rings.